The summed E-state index contributed by atoms with van der Waals surface area (Å²) >= 11 is 11.4. The fraction of sp³-hybridized carbons (Fsp3) is 0. The smallest absolute Gasteiger partial charge is 0.663 e. The largest absolute Gasteiger partial charge is 1.00 e. The Labute approximate surface area is 102 Å². The van der Waals surface area contributed by atoms with Crippen LogP contribution in [0, 0.1) is 0 Å². The molecule has 2 nitrogen and oxygen atoms in total. The fourth-order valence-corrected chi connectivity index (χ4v) is 1.42. The van der Waals surface area contributed by atoms with E-state index in [4.69, 9.17) is 23.2 Å². The first kappa shape index (κ1) is 10.4. The first-order valence-corrected chi connectivity index (χ1v) is 3.76. The van der Waals surface area contributed by atoms with Crippen molar-refractivity contribution in [3.63, 3.8) is 0 Å². The Balaban J connectivity index is 0.000000720. The fourth-order valence-electron chi connectivity index (χ4n) is 0.936. The van der Waals surface area contributed by atoms with Gasteiger partial charge in [-0.25, -0.2) is 4.98 Å². The van der Waals surface area contributed by atoms with Crippen molar-refractivity contribution in [2.45, 2.75) is 0 Å². The maximum atomic E-state index is 5.77. The van der Waals surface area contributed by atoms with Crippen molar-refractivity contribution < 1.29 is 29.6 Å². The van der Waals surface area contributed by atoms with E-state index in [0.29, 0.717) is 10.3 Å². The van der Waals surface area contributed by atoms with Gasteiger partial charge in [0.05, 0.1) is 0 Å². The first-order chi connectivity index (χ1) is 5.27. The number of nitrogens with zero attached hydrogens (tertiary/aromatic N) is 2. The van der Waals surface area contributed by atoms with Gasteiger partial charge in [0.2, 0.25) is 0 Å². The summed E-state index contributed by atoms with van der Waals surface area (Å²) in [7, 11) is 0. The summed E-state index contributed by atoms with van der Waals surface area (Å²) in [4.78, 5) is 7.90. The summed E-state index contributed by atoms with van der Waals surface area (Å²) in [5, 5.41) is 1.63. The molecule has 2 aromatic heterocycles. The average molecular weight is 209 g/mol. The molecule has 0 aliphatic heterocycles. The van der Waals surface area contributed by atoms with E-state index in [0.717, 1.165) is 10.9 Å². The quantitative estimate of drug-likeness (QED) is 0.432. The number of rotatable bonds is 0. The Bertz CT molecular complexity index is 399. The average Bonchev–Trinajstić information content (AvgIpc) is 2.34. The van der Waals surface area contributed by atoms with E-state index in [-0.39, 0.29) is 29.6 Å². The molecule has 12 heavy (non-hydrogen) atoms. The second kappa shape index (κ2) is 3.99. The van der Waals surface area contributed by atoms with E-state index in [1.165, 1.54) is 0 Å². The van der Waals surface area contributed by atoms with Crippen LogP contribution in [-0.4, -0.2) is 4.98 Å². The Morgan fingerprint density at radius 1 is 1.33 bits per heavy atom. The summed E-state index contributed by atoms with van der Waals surface area (Å²) in [6.45, 7) is 0. The normalized spacial score (nSPS) is 9.83. The van der Waals surface area contributed by atoms with Gasteiger partial charge in [0, 0.05) is 0 Å². The first-order valence-electron chi connectivity index (χ1n) is 3.01. The van der Waals surface area contributed by atoms with Crippen molar-refractivity contribution >= 4 is 34.1 Å². The van der Waals surface area contributed by atoms with Crippen LogP contribution in [0.4, 0.5) is 0 Å². The van der Waals surface area contributed by atoms with Crippen molar-refractivity contribution in [1.29, 1.82) is 0 Å². The Morgan fingerprint density at radius 2 is 2.08 bits per heavy atom. The van der Waals surface area contributed by atoms with Crippen LogP contribution >= 0.6 is 23.2 Å². The molecule has 0 spiro atoms. The Morgan fingerprint density at radius 3 is 2.83 bits per heavy atom. The molecule has 0 unspecified atom stereocenters. The van der Waals surface area contributed by atoms with Crippen LogP contribution < -0.4 is 34.5 Å². The van der Waals surface area contributed by atoms with Gasteiger partial charge in [-0.15, -0.1) is 5.52 Å². The van der Waals surface area contributed by atoms with E-state index < -0.39 is 0 Å². The van der Waals surface area contributed by atoms with Crippen molar-refractivity contribution in [3.05, 3.63) is 28.6 Å². The molecule has 0 saturated heterocycles. The second-order valence-corrected chi connectivity index (χ2v) is 2.86. The molecule has 0 radical (unpaired) electrons. The molecule has 2 rings (SSSR count). The van der Waals surface area contributed by atoms with E-state index in [2.05, 4.69) is 9.97 Å². The Kier molecular flexibility index (Phi) is 3.44. The van der Waals surface area contributed by atoms with Crippen LogP contribution in [-0.2, 0) is 0 Å². The van der Waals surface area contributed by atoms with Gasteiger partial charge in [-0.1, -0.05) is 29.3 Å². The van der Waals surface area contributed by atoms with Gasteiger partial charge < -0.3 is 4.98 Å². The number of halogens is 2. The van der Waals surface area contributed by atoms with Crippen LogP contribution in [0.25, 0.3) is 10.9 Å². The van der Waals surface area contributed by atoms with Crippen LogP contribution in [0.2, 0.25) is 10.3 Å². The molecule has 0 aromatic carbocycles. The summed E-state index contributed by atoms with van der Waals surface area (Å²) < 4.78 is 0. The van der Waals surface area contributed by atoms with E-state index in [1.807, 2.05) is 0 Å². The third-order valence-electron chi connectivity index (χ3n) is 1.41. The van der Waals surface area contributed by atoms with Gasteiger partial charge in [-0.2, -0.15) is 6.20 Å². The third kappa shape index (κ3) is 1.78. The molecule has 2 aromatic rings. The van der Waals surface area contributed by atoms with Crippen molar-refractivity contribution in [2.75, 3.05) is 0 Å². The van der Waals surface area contributed by atoms with E-state index >= 15 is 0 Å². The van der Waals surface area contributed by atoms with Crippen LogP contribution in [0.1, 0.15) is 0 Å². The van der Waals surface area contributed by atoms with Crippen LogP contribution in [0.3, 0.4) is 0 Å². The molecule has 5 heteroatoms. The molecule has 0 N–H and O–H groups in total. The maximum absolute atomic E-state index is 5.77. The zero-order valence-electron chi connectivity index (χ0n) is 6.38. The number of aromatic nitrogens is 2. The molecule has 0 aliphatic carbocycles. The summed E-state index contributed by atoms with van der Waals surface area (Å²) in [6, 6.07) is 3.49. The van der Waals surface area contributed by atoms with Gasteiger partial charge in [-0.3, -0.25) is 0 Å². The number of pyridine rings is 1. The maximum Gasteiger partial charge on any atom is 1.00 e. The van der Waals surface area contributed by atoms with Gasteiger partial charge in [0.15, 0.2) is 0 Å². The molecule has 0 amide bonds. The summed E-state index contributed by atoms with van der Waals surface area (Å²) in [6.07, 6.45) is 1.68. The molecule has 2 heterocycles. The second-order valence-electron chi connectivity index (χ2n) is 2.11. The minimum absolute atomic E-state index is 0. The van der Waals surface area contributed by atoms with Gasteiger partial charge in [0.25, 0.3) is 0 Å². The standard InChI is InChI=1S/C7H3Cl2N2.Na/c8-6-3-5-4(1-2-10-5)7(9)11-6;/h1-3H;/q-1;+1. The summed E-state index contributed by atoms with van der Waals surface area (Å²) in [5.41, 5.74) is 0.787. The van der Waals surface area contributed by atoms with Gasteiger partial charge >= 0.3 is 29.6 Å². The topological polar surface area (TPSA) is 27.0 Å². The Hall–Kier alpha value is 0.270. The molecule has 0 fully saturated rings. The van der Waals surface area contributed by atoms with Crippen molar-refractivity contribution in [2.24, 2.45) is 0 Å². The molecule has 0 aliphatic rings. The molecule has 56 valence electrons. The van der Waals surface area contributed by atoms with Crippen molar-refractivity contribution in [3.8, 4) is 0 Å². The predicted molar refractivity (Wildman–Crippen MR) is 45.1 cm³/mol. The molecule has 0 bridgehead atoms. The predicted octanol–water partition coefficient (Wildman–Crippen LogP) is -0.497. The number of hydrogen-bond acceptors (Lipinski definition) is 1. The molecule has 0 saturated carbocycles. The molecule has 0 atom stereocenters. The van der Waals surface area contributed by atoms with E-state index in [9.17, 15) is 0 Å². The monoisotopic (exact) mass is 208 g/mol. The number of fused-ring (bicyclic) bond motifs is 1. The van der Waals surface area contributed by atoms with Crippen molar-refractivity contribution in [1.82, 2.24) is 9.97 Å². The van der Waals surface area contributed by atoms with Gasteiger partial charge in [-0.05, 0) is 11.5 Å². The van der Waals surface area contributed by atoms with Crippen LogP contribution in [0.5, 0.6) is 0 Å². The third-order valence-corrected chi connectivity index (χ3v) is 1.90. The zero-order valence-corrected chi connectivity index (χ0v) is 9.89. The van der Waals surface area contributed by atoms with E-state index in [1.54, 1.807) is 18.3 Å². The minimum atomic E-state index is 0. The SMILES string of the molecule is Clc1cc2[n-]ccc2c(Cl)n1.[Na+]. The summed E-state index contributed by atoms with van der Waals surface area (Å²) in [5.74, 6) is 0. The minimum Gasteiger partial charge on any atom is -0.663 e. The van der Waals surface area contributed by atoms with Gasteiger partial charge in [0.1, 0.15) is 10.3 Å². The molecular weight excluding hydrogens is 206 g/mol. The zero-order chi connectivity index (χ0) is 7.84. The molecular formula is C7H3Cl2N2Na. The van der Waals surface area contributed by atoms with Crippen LogP contribution in [0.15, 0.2) is 18.3 Å². The number of hydrogen-bond donors (Lipinski definition) is 0.